The Morgan fingerprint density at radius 3 is 2.87 bits per heavy atom. The number of benzene rings is 2. The van der Waals surface area contributed by atoms with Crippen LogP contribution in [0, 0.1) is 6.92 Å². The van der Waals surface area contributed by atoms with E-state index in [-0.39, 0.29) is 24.9 Å². The standard InChI is InChI=1S/C18H17NO3S/c1-12-5-4-6-13(9-12)11-22-17(20)10-16-18(21)19-14-7-2-3-8-15(14)23-16/h2-9,16H,10-11H2,1H3,(H,19,21)/t16-/m1/s1. The van der Waals surface area contributed by atoms with Crippen LogP contribution < -0.4 is 5.32 Å². The number of hydrogen-bond acceptors (Lipinski definition) is 4. The predicted octanol–water partition coefficient (Wildman–Crippen LogP) is 3.54. The molecule has 2 aromatic carbocycles. The zero-order chi connectivity index (χ0) is 16.2. The number of esters is 1. The van der Waals surface area contributed by atoms with Gasteiger partial charge in [-0.15, -0.1) is 11.8 Å². The Morgan fingerprint density at radius 1 is 1.22 bits per heavy atom. The van der Waals surface area contributed by atoms with Crippen LogP contribution in [-0.2, 0) is 20.9 Å². The number of hydrogen-bond donors (Lipinski definition) is 1. The largest absolute Gasteiger partial charge is 0.461 e. The van der Waals surface area contributed by atoms with Gasteiger partial charge in [-0.05, 0) is 24.6 Å². The summed E-state index contributed by atoms with van der Waals surface area (Å²) >= 11 is 1.40. The van der Waals surface area contributed by atoms with Crippen molar-refractivity contribution < 1.29 is 14.3 Å². The molecule has 23 heavy (non-hydrogen) atoms. The molecule has 0 aliphatic carbocycles. The number of carbonyl (C=O) groups is 2. The second-order valence-corrected chi connectivity index (χ2v) is 6.69. The zero-order valence-corrected chi connectivity index (χ0v) is 13.6. The van der Waals surface area contributed by atoms with E-state index >= 15 is 0 Å². The minimum absolute atomic E-state index is 0.0661. The number of fused-ring (bicyclic) bond motifs is 1. The van der Waals surface area contributed by atoms with Crippen LogP contribution in [0.1, 0.15) is 17.5 Å². The highest BCUT2D eigenvalue weighted by Gasteiger charge is 2.29. The molecule has 1 aliphatic heterocycles. The van der Waals surface area contributed by atoms with Crippen LogP contribution >= 0.6 is 11.8 Å². The van der Waals surface area contributed by atoms with Crippen LogP contribution in [0.3, 0.4) is 0 Å². The highest BCUT2D eigenvalue weighted by molar-refractivity contribution is 8.01. The lowest BCUT2D eigenvalue weighted by Gasteiger charge is -2.23. The number of amides is 1. The first-order chi connectivity index (χ1) is 11.1. The van der Waals surface area contributed by atoms with Gasteiger partial charge < -0.3 is 10.1 Å². The van der Waals surface area contributed by atoms with E-state index < -0.39 is 5.25 Å². The Balaban J connectivity index is 1.57. The first-order valence-electron chi connectivity index (χ1n) is 7.39. The molecule has 1 amide bonds. The Kier molecular flexibility index (Phi) is 4.67. The Bertz CT molecular complexity index is 745. The van der Waals surface area contributed by atoms with E-state index in [0.717, 1.165) is 21.7 Å². The normalized spacial score (nSPS) is 16.4. The summed E-state index contributed by atoms with van der Waals surface area (Å²) in [5, 5.41) is 2.38. The van der Waals surface area contributed by atoms with E-state index in [4.69, 9.17) is 4.74 Å². The van der Waals surface area contributed by atoms with Crippen LogP contribution in [0.4, 0.5) is 5.69 Å². The number of ether oxygens (including phenoxy) is 1. The summed E-state index contributed by atoms with van der Waals surface area (Å²) in [6, 6.07) is 15.4. The van der Waals surface area contributed by atoms with Gasteiger partial charge in [-0.3, -0.25) is 9.59 Å². The molecular weight excluding hydrogens is 310 g/mol. The average Bonchev–Trinajstić information content (AvgIpc) is 2.54. The second-order valence-electron chi connectivity index (χ2n) is 5.45. The van der Waals surface area contributed by atoms with Crippen molar-refractivity contribution in [1.82, 2.24) is 0 Å². The molecule has 0 fully saturated rings. The Morgan fingerprint density at radius 2 is 2.04 bits per heavy atom. The van der Waals surface area contributed by atoms with Crippen molar-refractivity contribution in [2.24, 2.45) is 0 Å². The van der Waals surface area contributed by atoms with Crippen molar-refractivity contribution in [1.29, 1.82) is 0 Å². The van der Waals surface area contributed by atoms with Crippen molar-refractivity contribution in [3.63, 3.8) is 0 Å². The lowest BCUT2D eigenvalue weighted by Crippen LogP contribution is -2.31. The minimum atomic E-state index is -0.449. The van der Waals surface area contributed by atoms with Gasteiger partial charge in [0.25, 0.3) is 0 Å². The molecule has 0 bridgehead atoms. The van der Waals surface area contributed by atoms with Gasteiger partial charge >= 0.3 is 5.97 Å². The van der Waals surface area contributed by atoms with Gasteiger partial charge in [0.15, 0.2) is 0 Å². The van der Waals surface area contributed by atoms with E-state index in [0.29, 0.717) is 0 Å². The molecule has 0 saturated carbocycles. The van der Waals surface area contributed by atoms with Crippen LogP contribution in [0.15, 0.2) is 53.4 Å². The number of anilines is 1. The second kappa shape index (κ2) is 6.87. The average molecular weight is 327 g/mol. The highest BCUT2D eigenvalue weighted by Crippen LogP contribution is 2.36. The van der Waals surface area contributed by atoms with Gasteiger partial charge in [-0.1, -0.05) is 42.0 Å². The van der Waals surface area contributed by atoms with E-state index in [1.165, 1.54) is 11.8 Å². The molecule has 1 heterocycles. The van der Waals surface area contributed by atoms with Crippen LogP contribution in [0.5, 0.6) is 0 Å². The highest BCUT2D eigenvalue weighted by atomic mass is 32.2. The number of aryl methyl sites for hydroxylation is 1. The molecule has 2 aromatic rings. The molecule has 5 heteroatoms. The number of rotatable bonds is 4. The fourth-order valence-corrected chi connectivity index (χ4v) is 3.50. The third kappa shape index (κ3) is 3.93. The summed E-state index contributed by atoms with van der Waals surface area (Å²) in [5.74, 6) is -0.514. The summed E-state index contributed by atoms with van der Waals surface area (Å²) < 4.78 is 5.29. The van der Waals surface area contributed by atoms with Crippen LogP contribution in [0.25, 0.3) is 0 Å². The van der Waals surface area contributed by atoms with Crippen molar-refractivity contribution in [2.45, 2.75) is 30.1 Å². The van der Waals surface area contributed by atoms with Crippen LogP contribution in [0.2, 0.25) is 0 Å². The number of para-hydroxylation sites is 1. The monoisotopic (exact) mass is 327 g/mol. The summed E-state index contributed by atoms with van der Waals surface area (Å²) in [5.41, 5.74) is 2.87. The molecule has 0 spiro atoms. The zero-order valence-electron chi connectivity index (χ0n) is 12.7. The molecule has 0 unspecified atom stereocenters. The number of nitrogens with one attached hydrogen (secondary N) is 1. The molecule has 4 nitrogen and oxygen atoms in total. The van der Waals surface area contributed by atoms with Crippen molar-refractivity contribution >= 4 is 29.3 Å². The summed E-state index contributed by atoms with van der Waals surface area (Å²) in [4.78, 5) is 25.1. The molecule has 0 radical (unpaired) electrons. The van der Waals surface area contributed by atoms with E-state index in [9.17, 15) is 9.59 Å². The molecule has 118 valence electrons. The van der Waals surface area contributed by atoms with Gasteiger partial charge in [0.2, 0.25) is 5.91 Å². The first kappa shape index (κ1) is 15.6. The topological polar surface area (TPSA) is 55.4 Å². The number of thioether (sulfide) groups is 1. The van der Waals surface area contributed by atoms with Crippen LogP contribution in [-0.4, -0.2) is 17.1 Å². The molecule has 1 atom stereocenters. The van der Waals surface area contributed by atoms with Crippen molar-refractivity contribution in [3.05, 3.63) is 59.7 Å². The molecule has 0 saturated heterocycles. The lowest BCUT2D eigenvalue weighted by atomic mass is 10.1. The third-order valence-corrected chi connectivity index (χ3v) is 4.82. The summed E-state index contributed by atoms with van der Waals surface area (Å²) in [6.07, 6.45) is 0.0661. The Labute approximate surface area is 139 Å². The first-order valence-corrected chi connectivity index (χ1v) is 8.27. The predicted molar refractivity (Wildman–Crippen MR) is 90.3 cm³/mol. The van der Waals surface area contributed by atoms with Gasteiger partial charge in [0.1, 0.15) is 6.61 Å². The quantitative estimate of drug-likeness (QED) is 0.873. The van der Waals surface area contributed by atoms with Gasteiger partial charge in [-0.2, -0.15) is 0 Å². The van der Waals surface area contributed by atoms with Gasteiger partial charge in [-0.25, -0.2) is 0 Å². The maximum absolute atomic E-state index is 12.1. The molecular formula is C18H17NO3S. The van der Waals surface area contributed by atoms with E-state index in [2.05, 4.69) is 5.32 Å². The number of carbonyl (C=O) groups excluding carboxylic acids is 2. The SMILES string of the molecule is Cc1cccc(COC(=O)C[C@H]2Sc3ccccc3NC2=O)c1. The molecule has 1 N–H and O–H groups in total. The van der Waals surface area contributed by atoms with Gasteiger partial charge in [0, 0.05) is 4.90 Å². The maximum Gasteiger partial charge on any atom is 0.307 e. The fourth-order valence-electron chi connectivity index (χ4n) is 2.40. The summed E-state index contributed by atoms with van der Waals surface area (Å²) in [7, 11) is 0. The minimum Gasteiger partial charge on any atom is -0.461 e. The lowest BCUT2D eigenvalue weighted by molar-refractivity contribution is -0.145. The van der Waals surface area contributed by atoms with Crippen molar-refractivity contribution in [3.8, 4) is 0 Å². The van der Waals surface area contributed by atoms with E-state index in [1.54, 1.807) is 0 Å². The fraction of sp³-hybridized carbons (Fsp3) is 0.222. The maximum atomic E-state index is 12.1. The Hall–Kier alpha value is -2.27. The molecule has 1 aliphatic rings. The third-order valence-electron chi connectivity index (χ3n) is 3.54. The summed E-state index contributed by atoms with van der Waals surface area (Å²) in [6.45, 7) is 2.22. The smallest absolute Gasteiger partial charge is 0.307 e. The van der Waals surface area contributed by atoms with E-state index in [1.807, 2.05) is 55.5 Å². The molecule has 3 rings (SSSR count). The van der Waals surface area contributed by atoms with Gasteiger partial charge in [0.05, 0.1) is 17.4 Å². The van der Waals surface area contributed by atoms with Crippen molar-refractivity contribution in [2.75, 3.05) is 5.32 Å². The molecule has 0 aromatic heterocycles.